The number of aromatic nitrogens is 2. The maximum absolute atomic E-state index is 11.9. The quantitative estimate of drug-likeness (QED) is 0.819. The number of aromatic hydroxyl groups is 1. The molecule has 1 heterocycles. The Kier molecular flexibility index (Phi) is 4.40. The van der Waals surface area contributed by atoms with Gasteiger partial charge < -0.3 is 10.4 Å². The number of para-hydroxylation sites is 1. The van der Waals surface area contributed by atoms with Crippen LogP contribution in [-0.2, 0) is 6.54 Å². The summed E-state index contributed by atoms with van der Waals surface area (Å²) in [7, 11) is 0. The van der Waals surface area contributed by atoms with E-state index < -0.39 is 0 Å². The molecule has 1 amide bonds. The number of phenols is 1. The maximum Gasteiger partial charge on any atom is 0.255 e. The molecule has 0 bridgehead atoms. The van der Waals surface area contributed by atoms with E-state index in [1.807, 2.05) is 24.6 Å². The molecule has 0 radical (unpaired) electrons. The Labute approximate surface area is 118 Å². The highest BCUT2D eigenvalue weighted by molar-refractivity contribution is 5.96. The molecular weight excluding hydrogens is 254 g/mol. The van der Waals surface area contributed by atoms with E-state index in [1.54, 1.807) is 18.2 Å². The first kappa shape index (κ1) is 14.1. The summed E-state index contributed by atoms with van der Waals surface area (Å²) in [6.45, 7) is 5.29. The molecular formula is C15H19N3O2. The van der Waals surface area contributed by atoms with Crippen molar-refractivity contribution >= 4 is 5.91 Å². The third-order valence-corrected chi connectivity index (χ3v) is 3.08. The van der Waals surface area contributed by atoms with Gasteiger partial charge in [-0.3, -0.25) is 9.48 Å². The van der Waals surface area contributed by atoms with Crippen molar-refractivity contribution in [1.29, 1.82) is 0 Å². The predicted octanol–water partition coefficient (Wildman–Crippen LogP) is 2.03. The van der Waals surface area contributed by atoms with Gasteiger partial charge >= 0.3 is 0 Å². The Bertz CT molecular complexity index is 605. The molecule has 106 valence electrons. The van der Waals surface area contributed by atoms with Crippen molar-refractivity contribution in [1.82, 2.24) is 15.1 Å². The number of benzene rings is 1. The lowest BCUT2D eigenvalue weighted by molar-refractivity contribution is 0.0950. The second-order valence-corrected chi connectivity index (χ2v) is 4.78. The number of aryl methyl sites for hydroxylation is 3. The van der Waals surface area contributed by atoms with E-state index in [0.717, 1.165) is 24.4 Å². The van der Waals surface area contributed by atoms with E-state index in [-0.39, 0.29) is 11.7 Å². The van der Waals surface area contributed by atoms with Gasteiger partial charge in [-0.1, -0.05) is 12.1 Å². The van der Waals surface area contributed by atoms with Crippen LogP contribution >= 0.6 is 0 Å². The number of hydrogen-bond acceptors (Lipinski definition) is 3. The largest absolute Gasteiger partial charge is 0.507 e. The van der Waals surface area contributed by atoms with E-state index in [9.17, 15) is 9.90 Å². The van der Waals surface area contributed by atoms with Crippen LogP contribution in [0, 0.1) is 13.8 Å². The van der Waals surface area contributed by atoms with Gasteiger partial charge in [0, 0.05) is 18.8 Å². The molecule has 0 saturated carbocycles. The number of nitrogens with zero attached hydrogens (tertiary/aromatic N) is 2. The maximum atomic E-state index is 11.9. The minimum atomic E-state index is -0.253. The molecule has 0 atom stereocenters. The molecule has 0 fully saturated rings. The third kappa shape index (κ3) is 3.38. The molecule has 1 aromatic carbocycles. The lowest BCUT2D eigenvalue weighted by Gasteiger charge is -2.07. The number of carbonyl (C=O) groups excluding carboxylic acids is 1. The minimum Gasteiger partial charge on any atom is -0.507 e. The van der Waals surface area contributed by atoms with Crippen LogP contribution < -0.4 is 5.32 Å². The SMILES string of the molecule is Cc1cc(C)n(CCCNC(=O)c2ccccc2O)n1. The number of rotatable bonds is 5. The monoisotopic (exact) mass is 273 g/mol. The summed E-state index contributed by atoms with van der Waals surface area (Å²) in [6.07, 6.45) is 0.793. The molecule has 20 heavy (non-hydrogen) atoms. The first-order valence-corrected chi connectivity index (χ1v) is 6.65. The summed E-state index contributed by atoms with van der Waals surface area (Å²) < 4.78 is 1.93. The van der Waals surface area contributed by atoms with Gasteiger partial charge in [0.05, 0.1) is 11.3 Å². The highest BCUT2D eigenvalue weighted by atomic mass is 16.3. The van der Waals surface area contributed by atoms with Crippen LogP contribution in [0.1, 0.15) is 28.2 Å². The highest BCUT2D eigenvalue weighted by Gasteiger charge is 2.09. The van der Waals surface area contributed by atoms with E-state index in [1.165, 1.54) is 6.07 Å². The molecule has 0 saturated heterocycles. The Morgan fingerprint density at radius 2 is 2.10 bits per heavy atom. The van der Waals surface area contributed by atoms with Crippen LogP contribution in [0.3, 0.4) is 0 Å². The fourth-order valence-electron chi connectivity index (χ4n) is 2.09. The molecule has 0 spiro atoms. The fourth-order valence-corrected chi connectivity index (χ4v) is 2.09. The van der Waals surface area contributed by atoms with Gasteiger partial charge in [-0.25, -0.2) is 0 Å². The van der Waals surface area contributed by atoms with Crippen molar-refractivity contribution in [3.63, 3.8) is 0 Å². The van der Waals surface area contributed by atoms with Crippen molar-refractivity contribution in [2.75, 3.05) is 6.54 Å². The average molecular weight is 273 g/mol. The van der Waals surface area contributed by atoms with Crippen LogP contribution in [0.4, 0.5) is 0 Å². The smallest absolute Gasteiger partial charge is 0.255 e. The zero-order valence-electron chi connectivity index (χ0n) is 11.8. The van der Waals surface area contributed by atoms with Crippen LogP contribution in [0.2, 0.25) is 0 Å². The Balaban J connectivity index is 1.80. The van der Waals surface area contributed by atoms with Crippen molar-refractivity contribution in [2.24, 2.45) is 0 Å². The molecule has 5 heteroatoms. The summed E-state index contributed by atoms with van der Waals surface area (Å²) in [5.41, 5.74) is 2.42. The molecule has 0 aliphatic carbocycles. The summed E-state index contributed by atoms with van der Waals surface area (Å²) in [5, 5.41) is 16.7. The lowest BCUT2D eigenvalue weighted by Crippen LogP contribution is -2.25. The predicted molar refractivity (Wildman–Crippen MR) is 76.8 cm³/mol. The Morgan fingerprint density at radius 1 is 1.35 bits per heavy atom. The molecule has 0 aliphatic heterocycles. The molecule has 0 aliphatic rings. The van der Waals surface area contributed by atoms with Crippen LogP contribution in [-0.4, -0.2) is 27.3 Å². The van der Waals surface area contributed by atoms with Gasteiger partial charge in [0.1, 0.15) is 5.75 Å². The summed E-state index contributed by atoms with van der Waals surface area (Å²) in [6, 6.07) is 8.55. The highest BCUT2D eigenvalue weighted by Crippen LogP contribution is 2.14. The first-order valence-electron chi connectivity index (χ1n) is 6.65. The Morgan fingerprint density at radius 3 is 2.75 bits per heavy atom. The van der Waals surface area contributed by atoms with Gasteiger partial charge in [0.25, 0.3) is 5.91 Å². The normalized spacial score (nSPS) is 10.5. The van der Waals surface area contributed by atoms with Crippen molar-refractivity contribution in [3.8, 4) is 5.75 Å². The van der Waals surface area contributed by atoms with E-state index >= 15 is 0 Å². The van der Waals surface area contributed by atoms with E-state index in [2.05, 4.69) is 10.4 Å². The minimum absolute atomic E-state index is 0.00328. The molecule has 5 nitrogen and oxygen atoms in total. The average Bonchev–Trinajstić information content (AvgIpc) is 2.73. The number of hydrogen-bond donors (Lipinski definition) is 2. The van der Waals surface area contributed by atoms with Gasteiger partial charge in [-0.15, -0.1) is 0 Å². The van der Waals surface area contributed by atoms with Gasteiger partial charge in [-0.05, 0) is 38.5 Å². The van der Waals surface area contributed by atoms with Crippen LogP contribution in [0.15, 0.2) is 30.3 Å². The topological polar surface area (TPSA) is 67.2 Å². The molecule has 0 unspecified atom stereocenters. The van der Waals surface area contributed by atoms with Crippen molar-refractivity contribution in [3.05, 3.63) is 47.3 Å². The van der Waals surface area contributed by atoms with Gasteiger partial charge in [0.2, 0.25) is 0 Å². The summed E-state index contributed by atoms with van der Waals surface area (Å²) >= 11 is 0. The molecule has 2 N–H and O–H groups in total. The van der Waals surface area contributed by atoms with Gasteiger partial charge in [-0.2, -0.15) is 5.10 Å². The van der Waals surface area contributed by atoms with E-state index in [0.29, 0.717) is 12.1 Å². The lowest BCUT2D eigenvalue weighted by atomic mass is 10.2. The van der Waals surface area contributed by atoms with Crippen molar-refractivity contribution in [2.45, 2.75) is 26.8 Å². The fraction of sp³-hybridized carbons (Fsp3) is 0.333. The first-order chi connectivity index (χ1) is 9.58. The second-order valence-electron chi connectivity index (χ2n) is 4.78. The summed E-state index contributed by atoms with van der Waals surface area (Å²) in [4.78, 5) is 11.9. The number of nitrogens with one attached hydrogen (secondary N) is 1. The molecule has 2 aromatic rings. The molecule has 1 aromatic heterocycles. The molecule has 2 rings (SSSR count). The van der Waals surface area contributed by atoms with Crippen molar-refractivity contribution < 1.29 is 9.90 Å². The Hall–Kier alpha value is -2.30. The number of carbonyl (C=O) groups is 1. The van der Waals surface area contributed by atoms with Crippen LogP contribution in [0.5, 0.6) is 5.75 Å². The van der Waals surface area contributed by atoms with E-state index in [4.69, 9.17) is 0 Å². The second kappa shape index (κ2) is 6.23. The van der Waals surface area contributed by atoms with Crippen LogP contribution in [0.25, 0.3) is 0 Å². The number of phenolic OH excluding ortho intramolecular Hbond substituents is 1. The zero-order valence-corrected chi connectivity index (χ0v) is 11.8. The van der Waals surface area contributed by atoms with Gasteiger partial charge in [0.15, 0.2) is 0 Å². The number of amides is 1. The summed E-state index contributed by atoms with van der Waals surface area (Å²) in [5.74, 6) is -0.250. The third-order valence-electron chi connectivity index (χ3n) is 3.08. The zero-order chi connectivity index (χ0) is 14.5. The standard InChI is InChI=1S/C15H19N3O2/c1-11-10-12(2)18(17-11)9-5-8-16-15(20)13-6-3-4-7-14(13)19/h3-4,6-7,10,19H,5,8-9H2,1-2H3,(H,16,20).